The molecule has 4 heteroatoms. The second-order valence-corrected chi connectivity index (χ2v) is 3.70. The Kier molecular flexibility index (Phi) is 2.92. The highest BCUT2D eigenvalue weighted by Gasteiger charge is 2.15. The van der Waals surface area contributed by atoms with Crippen LogP contribution < -0.4 is 0 Å². The molecule has 64 valence electrons. The molecular formula is C8H7BrFNO. The summed E-state index contributed by atoms with van der Waals surface area (Å²) in [5.74, 6) is -1.01. The number of Topliss-reactive ketones (excluding diaryl/α,β-unsaturated/α-hetero) is 1. The molecule has 0 N–H and O–H groups in total. The van der Waals surface area contributed by atoms with Gasteiger partial charge >= 0.3 is 0 Å². The molecule has 0 bridgehead atoms. The molecule has 12 heavy (non-hydrogen) atoms. The minimum absolute atomic E-state index is 0.0295. The lowest BCUT2D eigenvalue weighted by molar-refractivity contribution is 0.0991. The zero-order valence-electron chi connectivity index (χ0n) is 6.42. The van der Waals surface area contributed by atoms with Crippen LogP contribution in [-0.2, 0) is 0 Å². The molecule has 0 saturated heterocycles. The Labute approximate surface area is 77.9 Å². The van der Waals surface area contributed by atoms with Crippen LogP contribution in [0.5, 0.6) is 0 Å². The van der Waals surface area contributed by atoms with Crippen molar-refractivity contribution in [2.75, 3.05) is 0 Å². The average Bonchev–Trinajstić information content (AvgIpc) is 2.04. The fraction of sp³-hybridized carbons (Fsp3) is 0.250. The molecule has 0 aliphatic heterocycles. The van der Waals surface area contributed by atoms with Crippen molar-refractivity contribution in [1.29, 1.82) is 0 Å². The van der Waals surface area contributed by atoms with Gasteiger partial charge < -0.3 is 0 Å². The minimum atomic E-state index is -0.714. The number of hydrogen-bond acceptors (Lipinski definition) is 2. The van der Waals surface area contributed by atoms with Crippen molar-refractivity contribution in [3.8, 4) is 0 Å². The van der Waals surface area contributed by atoms with Gasteiger partial charge in [-0.15, -0.1) is 0 Å². The first-order chi connectivity index (χ1) is 5.63. The van der Waals surface area contributed by atoms with E-state index in [0.717, 1.165) is 0 Å². The first-order valence-corrected chi connectivity index (χ1v) is 4.33. The van der Waals surface area contributed by atoms with Crippen molar-refractivity contribution in [3.05, 3.63) is 29.8 Å². The molecule has 1 atom stereocenters. The maximum Gasteiger partial charge on any atom is 0.223 e. The van der Waals surface area contributed by atoms with Gasteiger partial charge in [-0.1, -0.05) is 15.9 Å². The van der Waals surface area contributed by atoms with Gasteiger partial charge in [-0.05, 0) is 19.1 Å². The Bertz CT molecular complexity index is 301. The Hall–Kier alpha value is -0.770. The predicted octanol–water partition coefficient (Wildman–Crippen LogP) is 2.19. The Morgan fingerprint density at radius 2 is 2.42 bits per heavy atom. The molecule has 1 heterocycles. The van der Waals surface area contributed by atoms with Crippen LogP contribution in [0.1, 0.15) is 17.3 Å². The number of nitrogens with zero attached hydrogens (tertiary/aromatic N) is 1. The summed E-state index contributed by atoms with van der Waals surface area (Å²) in [5, 5.41) is 0. The first-order valence-electron chi connectivity index (χ1n) is 3.41. The fourth-order valence-electron chi connectivity index (χ4n) is 0.784. The molecule has 1 aromatic heterocycles. The van der Waals surface area contributed by atoms with E-state index < -0.39 is 5.95 Å². The van der Waals surface area contributed by atoms with Gasteiger partial charge in [0.2, 0.25) is 5.95 Å². The van der Waals surface area contributed by atoms with Crippen LogP contribution in [0.3, 0.4) is 0 Å². The molecule has 1 rings (SSSR count). The molecule has 0 fully saturated rings. The van der Waals surface area contributed by atoms with E-state index in [2.05, 4.69) is 20.9 Å². The van der Waals surface area contributed by atoms with Crippen LogP contribution in [0, 0.1) is 5.95 Å². The second kappa shape index (κ2) is 3.76. The van der Waals surface area contributed by atoms with E-state index in [4.69, 9.17) is 0 Å². The summed E-state index contributed by atoms with van der Waals surface area (Å²) >= 11 is 3.07. The standard InChI is InChI=1S/C8H7BrFNO/c1-5(9)7(12)6-3-2-4-11-8(6)10/h2-5H,1H3. The van der Waals surface area contributed by atoms with Gasteiger partial charge in [0.25, 0.3) is 0 Å². The summed E-state index contributed by atoms with van der Waals surface area (Å²) in [6.07, 6.45) is 1.31. The Morgan fingerprint density at radius 3 is 2.92 bits per heavy atom. The van der Waals surface area contributed by atoms with Gasteiger partial charge in [0.15, 0.2) is 5.78 Å². The molecule has 0 radical (unpaired) electrons. The second-order valence-electron chi connectivity index (χ2n) is 2.32. The summed E-state index contributed by atoms with van der Waals surface area (Å²) in [4.78, 5) is 14.2. The zero-order chi connectivity index (χ0) is 9.14. The van der Waals surface area contributed by atoms with E-state index in [0.29, 0.717) is 0 Å². The normalized spacial score (nSPS) is 12.6. The number of halogens is 2. The van der Waals surface area contributed by atoms with Crippen LogP contribution in [0.2, 0.25) is 0 Å². The number of aromatic nitrogens is 1. The molecule has 0 spiro atoms. The third-order valence-electron chi connectivity index (χ3n) is 1.39. The monoisotopic (exact) mass is 231 g/mol. The van der Waals surface area contributed by atoms with Gasteiger partial charge in [-0.2, -0.15) is 4.39 Å². The van der Waals surface area contributed by atoms with Gasteiger partial charge in [0.1, 0.15) is 0 Å². The van der Waals surface area contributed by atoms with E-state index in [9.17, 15) is 9.18 Å². The third kappa shape index (κ3) is 1.88. The summed E-state index contributed by atoms with van der Waals surface area (Å²) in [5.41, 5.74) is 0.0295. The van der Waals surface area contributed by atoms with Gasteiger partial charge in [0.05, 0.1) is 10.4 Å². The summed E-state index contributed by atoms with van der Waals surface area (Å²) in [6.45, 7) is 1.65. The lowest BCUT2D eigenvalue weighted by atomic mass is 10.1. The minimum Gasteiger partial charge on any atom is -0.293 e. The van der Waals surface area contributed by atoms with Crippen molar-refractivity contribution in [3.63, 3.8) is 0 Å². The molecular weight excluding hydrogens is 225 g/mol. The van der Waals surface area contributed by atoms with Crippen LogP contribution >= 0.6 is 15.9 Å². The highest BCUT2D eigenvalue weighted by atomic mass is 79.9. The SMILES string of the molecule is CC(Br)C(=O)c1cccnc1F. The number of hydrogen-bond donors (Lipinski definition) is 0. The topological polar surface area (TPSA) is 30.0 Å². The highest BCUT2D eigenvalue weighted by molar-refractivity contribution is 9.10. The van der Waals surface area contributed by atoms with Crippen molar-refractivity contribution in [2.45, 2.75) is 11.8 Å². The number of carbonyl (C=O) groups excluding carboxylic acids is 1. The Morgan fingerprint density at radius 1 is 1.75 bits per heavy atom. The predicted molar refractivity (Wildman–Crippen MR) is 46.9 cm³/mol. The van der Waals surface area contributed by atoms with E-state index in [-0.39, 0.29) is 16.2 Å². The average molecular weight is 232 g/mol. The van der Waals surface area contributed by atoms with Gasteiger partial charge in [-0.3, -0.25) is 4.79 Å². The highest BCUT2D eigenvalue weighted by Crippen LogP contribution is 2.11. The van der Waals surface area contributed by atoms with E-state index in [1.54, 1.807) is 6.92 Å². The van der Waals surface area contributed by atoms with Crippen LogP contribution in [0.4, 0.5) is 4.39 Å². The molecule has 0 aliphatic carbocycles. The number of pyridine rings is 1. The van der Waals surface area contributed by atoms with Crippen molar-refractivity contribution >= 4 is 21.7 Å². The van der Waals surface area contributed by atoms with Crippen LogP contribution in [-0.4, -0.2) is 15.6 Å². The van der Waals surface area contributed by atoms with Gasteiger partial charge in [0, 0.05) is 6.20 Å². The summed E-state index contributed by atoms with van der Waals surface area (Å²) in [7, 11) is 0. The Balaban J connectivity index is 3.03. The van der Waals surface area contributed by atoms with E-state index in [1.165, 1.54) is 18.3 Å². The molecule has 0 saturated carbocycles. The molecule has 0 aliphatic rings. The maximum absolute atomic E-state index is 12.8. The van der Waals surface area contributed by atoms with Crippen molar-refractivity contribution in [1.82, 2.24) is 4.98 Å². The van der Waals surface area contributed by atoms with Crippen LogP contribution in [0.15, 0.2) is 18.3 Å². The quantitative estimate of drug-likeness (QED) is 0.444. The summed E-state index contributed by atoms with van der Waals surface area (Å²) < 4.78 is 12.8. The number of carbonyl (C=O) groups is 1. The smallest absolute Gasteiger partial charge is 0.223 e. The number of ketones is 1. The molecule has 0 aromatic carbocycles. The van der Waals surface area contributed by atoms with Crippen molar-refractivity contribution in [2.24, 2.45) is 0 Å². The third-order valence-corrected chi connectivity index (χ3v) is 1.80. The molecule has 0 amide bonds. The largest absolute Gasteiger partial charge is 0.293 e. The van der Waals surface area contributed by atoms with Crippen LogP contribution in [0.25, 0.3) is 0 Å². The number of alkyl halides is 1. The van der Waals surface area contributed by atoms with Crippen molar-refractivity contribution < 1.29 is 9.18 Å². The molecule has 2 nitrogen and oxygen atoms in total. The lowest BCUT2D eigenvalue weighted by Crippen LogP contribution is -2.12. The molecule has 1 aromatic rings. The zero-order valence-corrected chi connectivity index (χ0v) is 8.01. The lowest BCUT2D eigenvalue weighted by Gasteiger charge is -2.01. The fourth-order valence-corrected chi connectivity index (χ4v) is 1.03. The molecule has 1 unspecified atom stereocenters. The summed E-state index contributed by atoms with van der Waals surface area (Å²) in [6, 6.07) is 2.95. The van der Waals surface area contributed by atoms with E-state index >= 15 is 0 Å². The van der Waals surface area contributed by atoms with Gasteiger partial charge in [-0.25, -0.2) is 4.98 Å². The number of rotatable bonds is 2. The first kappa shape index (κ1) is 9.32. The van der Waals surface area contributed by atoms with E-state index in [1.807, 2.05) is 0 Å². The maximum atomic E-state index is 12.8.